The number of rotatable bonds is 5. The molecular formula is C5H6N8S2. The zero-order valence-corrected chi connectivity index (χ0v) is 9.07. The summed E-state index contributed by atoms with van der Waals surface area (Å²) in [6, 6.07) is 0. The minimum absolute atomic E-state index is 0.416. The molecule has 0 aliphatic heterocycles. The first-order chi connectivity index (χ1) is 7.40. The number of H-pyrrole nitrogens is 1. The molecule has 2 rings (SSSR count). The Balaban J connectivity index is 2.07. The average Bonchev–Trinajstić information content (AvgIpc) is 2.87. The largest absolute Gasteiger partial charge is 0.241 e. The van der Waals surface area contributed by atoms with Gasteiger partial charge in [-0.3, -0.25) is 0 Å². The molecular weight excluding hydrogens is 236 g/mol. The van der Waals surface area contributed by atoms with Crippen molar-refractivity contribution in [2.45, 2.75) is 11.7 Å². The van der Waals surface area contributed by atoms with E-state index in [1.807, 2.05) is 0 Å². The van der Waals surface area contributed by atoms with Gasteiger partial charge in [-0.1, -0.05) is 24.0 Å². The van der Waals surface area contributed by atoms with Crippen molar-refractivity contribution in [3.63, 3.8) is 0 Å². The molecule has 8 nitrogen and oxygen atoms in total. The molecule has 0 amide bonds. The number of tetrazole rings is 2. The second-order valence-electron chi connectivity index (χ2n) is 2.44. The highest BCUT2D eigenvalue weighted by molar-refractivity contribution is 8.00. The van der Waals surface area contributed by atoms with Gasteiger partial charge in [-0.15, -0.1) is 10.2 Å². The Hall–Kier alpha value is -1.42. The van der Waals surface area contributed by atoms with Crippen LogP contribution in [0, 0.1) is 0 Å². The second-order valence-corrected chi connectivity index (χ2v) is 3.77. The molecule has 0 aliphatic carbocycles. The summed E-state index contributed by atoms with van der Waals surface area (Å²) in [5.41, 5.74) is 0. The molecule has 0 atom stereocenters. The lowest BCUT2D eigenvalue weighted by atomic mass is 10.6. The van der Waals surface area contributed by atoms with Gasteiger partial charge in [0.25, 0.3) is 0 Å². The van der Waals surface area contributed by atoms with Crippen molar-refractivity contribution in [1.29, 1.82) is 0 Å². The van der Waals surface area contributed by atoms with Crippen molar-refractivity contribution in [3.05, 3.63) is 5.82 Å². The highest BCUT2D eigenvalue weighted by Gasteiger charge is 2.08. The third-order valence-corrected chi connectivity index (χ3v) is 2.73. The van der Waals surface area contributed by atoms with Gasteiger partial charge in [0, 0.05) is 5.75 Å². The van der Waals surface area contributed by atoms with Gasteiger partial charge in [-0.25, -0.2) is 9.78 Å². The summed E-state index contributed by atoms with van der Waals surface area (Å²) in [6.45, 7) is 0.416. The van der Waals surface area contributed by atoms with E-state index in [4.69, 9.17) is 12.2 Å². The Kier molecular flexibility index (Phi) is 3.29. The van der Waals surface area contributed by atoms with Gasteiger partial charge in [-0.2, -0.15) is 0 Å². The summed E-state index contributed by atoms with van der Waals surface area (Å²) in [5.74, 6) is 1.29. The molecule has 0 saturated heterocycles. The quantitative estimate of drug-likeness (QED) is 0.544. The Morgan fingerprint density at radius 3 is 3.07 bits per heavy atom. The summed E-state index contributed by atoms with van der Waals surface area (Å²) in [5, 5.41) is 26.8. The number of thioether (sulfide) groups is 1. The number of aromatic nitrogens is 8. The summed E-state index contributed by atoms with van der Waals surface area (Å²) < 4.78 is 1.60. The standard InChI is InChI=1S/C5H6N8S2/c14-1-2-15-5-8-11-12-13(5)3-4-6-9-10-7-4/h1H,2-3H2,(H,6,7,9,10). The van der Waals surface area contributed by atoms with Crippen molar-refractivity contribution in [1.82, 2.24) is 40.8 Å². The number of aromatic amines is 1. The Morgan fingerprint density at radius 1 is 1.40 bits per heavy atom. The molecule has 0 aromatic carbocycles. The molecule has 0 aliphatic rings. The van der Waals surface area contributed by atoms with E-state index in [1.165, 1.54) is 11.8 Å². The van der Waals surface area contributed by atoms with Gasteiger partial charge in [-0.05, 0) is 26.2 Å². The van der Waals surface area contributed by atoms with Crippen LogP contribution in [0.15, 0.2) is 5.16 Å². The number of hydrogen-bond acceptors (Lipinski definition) is 8. The van der Waals surface area contributed by atoms with Crippen LogP contribution in [0.2, 0.25) is 0 Å². The third-order valence-electron chi connectivity index (χ3n) is 1.47. The van der Waals surface area contributed by atoms with Crippen molar-refractivity contribution >= 4 is 29.3 Å². The van der Waals surface area contributed by atoms with Gasteiger partial charge >= 0.3 is 0 Å². The molecule has 0 radical (unpaired) electrons. The van der Waals surface area contributed by atoms with E-state index in [2.05, 4.69) is 36.1 Å². The van der Waals surface area contributed by atoms with Gasteiger partial charge < -0.3 is 0 Å². The summed E-state index contributed by atoms with van der Waals surface area (Å²) in [7, 11) is 0. The zero-order valence-electron chi connectivity index (χ0n) is 7.44. The molecule has 0 saturated carbocycles. The normalized spacial score (nSPS) is 10.4. The first-order valence-electron chi connectivity index (χ1n) is 3.95. The summed E-state index contributed by atoms with van der Waals surface area (Å²) in [6.07, 6.45) is 0. The van der Waals surface area contributed by atoms with E-state index in [9.17, 15) is 0 Å². The van der Waals surface area contributed by atoms with Crippen molar-refractivity contribution in [2.75, 3.05) is 5.75 Å². The SMILES string of the molecule is S=CCSc1nnnn1Cc1nnn[nH]1. The van der Waals surface area contributed by atoms with Crippen molar-refractivity contribution in [3.8, 4) is 0 Å². The predicted octanol–water partition coefficient (Wildman–Crippen LogP) is -0.674. The molecule has 78 valence electrons. The minimum atomic E-state index is 0.416. The van der Waals surface area contributed by atoms with Gasteiger partial charge in [0.1, 0.15) is 6.54 Å². The second kappa shape index (κ2) is 4.89. The van der Waals surface area contributed by atoms with Crippen LogP contribution >= 0.6 is 24.0 Å². The molecule has 0 unspecified atom stereocenters. The topological polar surface area (TPSA) is 98.1 Å². The predicted molar refractivity (Wildman–Crippen MR) is 55.5 cm³/mol. The van der Waals surface area contributed by atoms with Gasteiger partial charge in [0.15, 0.2) is 5.82 Å². The highest BCUT2D eigenvalue weighted by atomic mass is 32.2. The van der Waals surface area contributed by atoms with E-state index in [1.54, 1.807) is 10.0 Å². The zero-order chi connectivity index (χ0) is 10.5. The third kappa shape index (κ3) is 2.53. The lowest BCUT2D eigenvalue weighted by Crippen LogP contribution is -2.05. The molecule has 2 heterocycles. The minimum Gasteiger partial charge on any atom is -0.241 e. The number of hydrogen-bond donors (Lipinski definition) is 1. The molecule has 15 heavy (non-hydrogen) atoms. The molecule has 2 aromatic rings. The molecule has 2 aromatic heterocycles. The Labute approximate surface area is 93.8 Å². The van der Waals surface area contributed by atoms with Crippen LogP contribution in [-0.2, 0) is 6.54 Å². The maximum Gasteiger partial charge on any atom is 0.210 e. The summed E-state index contributed by atoms with van der Waals surface area (Å²) >= 11 is 6.18. The fourth-order valence-corrected chi connectivity index (χ4v) is 1.66. The van der Waals surface area contributed by atoms with Crippen LogP contribution < -0.4 is 0 Å². The lowest BCUT2D eigenvalue weighted by molar-refractivity contribution is 0.582. The number of nitrogens with one attached hydrogen (secondary N) is 1. The van der Waals surface area contributed by atoms with E-state index in [0.717, 1.165) is 0 Å². The molecule has 0 spiro atoms. The Bertz CT molecular complexity index is 422. The Morgan fingerprint density at radius 2 is 2.33 bits per heavy atom. The first-order valence-corrected chi connectivity index (χ1v) is 5.41. The van der Waals surface area contributed by atoms with Crippen molar-refractivity contribution in [2.24, 2.45) is 0 Å². The van der Waals surface area contributed by atoms with Crippen molar-refractivity contribution < 1.29 is 0 Å². The van der Waals surface area contributed by atoms with Crippen LogP contribution in [0.3, 0.4) is 0 Å². The monoisotopic (exact) mass is 242 g/mol. The van der Waals surface area contributed by atoms with E-state index in [-0.39, 0.29) is 0 Å². The molecule has 10 heteroatoms. The highest BCUT2D eigenvalue weighted by Crippen LogP contribution is 2.12. The lowest BCUT2D eigenvalue weighted by Gasteiger charge is -1.98. The maximum absolute atomic E-state index is 4.72. The van der Waals surface area contributed by atoms with E-state index in [0.29, 0.717) is 23.3 Å². The maximum atomic E-state index is 4.72. The number of thiocarbonyl (C=S) groups is 1. The van der Waals surface area contributed by atoms with E-state index < -0.39 is 0 Å². The van der Waals surface area contributed by atoms with Crippen LogP contribution in [0.1, 0.15) is 5.82 Å². The van der Waals surface area contributed by atoms with Crippen LogP contribution in [0.25, 0.3) is 0 Å². The van der Waals surface area contributed by atoms with Crippen LogP contribution in [0.5, 0.6) is 0 Å². The molecule has 0 bridgehead atoms. The molecule has 0 fully saturated rings. The fraction of sp³-hybridized carbons (Fsp3) is 0.400. The van der Waals surface area contributed by atoms with Crippen LogP contribution in [0.4, 0.5) is 0 Å². The van der Waals surface area contributed by atoms with Gasteiger partial charge in [0.05, 0.1) is 0 Å². The fourth-order valence-electron chi connectivity index (χ4n) is 0.895. The van der Waals surface area contributed by atoms with Crippen LogP contribution in [-0.4, -0.2) is 52.0 Å². The molecule has 1 N–H and O–H groups in total. The van der Waals surface area contributed by atoms with Gasteiger partial charge in [0.2, 0.25) is 5.16 Å². The first kappa shape index (κ1) is 10.1. The summed E-state index contributed by atoms with van der Waals surface area (Å²) in [4.78, 5) is 0. The average molecular weight is 242 g/mol. The van der Waals surface area contributed by atoms with E-state index >= 15 is 0 Å². The number of nitrogens with zero attached hydrogens (tertiary/aromatic N) is 7. The smallest absolute Gasteiger partial charge is 0.210 e.